The molecule has 5 heteroatoms. The molecular formula is C19H19N3OS. The number of anilines is 1. The first kappa shape index (κ1) is 15.3. The Bertz CT molecular complexity index is 775. The van der Waals surface area contributed by atoms with E-state index >= 15 is 0 Å². The van der Waals surface area contributed by atoms with Gasteiger partial charge in [-0.15, -0.1) is 11.8 Å². The van der Waals surface area contributed by atoms with Crippen molar-refractivity contribution >= 4 is 29.1 Å². The fraction of sp³-hybridized carbons (Fsp3) is 0.263. The van der Waals surface area contributed by atoms with Crippen LogP contribution in [-0.2, 0) is 4.79 Å². The van der Waals surface area contributed by atoms with Gasteiger partial charge in [0.1, 0.15) is 0 Å². The fourth-order valence-corrected chi connectivity index (χ4v) is 4.16. The van der Waals surface area contributed by atoms with Crippen LogP contribution in [0.25, 0.3) is 0 Å². The lowest BCUT2D eigenvalue weighted by Gasteiger charge is -2.30. The van der Waals surface area contributed by atoms with Crippen LogP contribution in [0.5, 0.6) is 0 Å². The van der Waals surface area contributed by atoms with Crippen molar-refractivity contribution in [3.05, 3.63) is 60.2 Å². The summed E-state index contributed by atoms with van der Waals surface area (Å²) in [6.07, 6.45) is 0.822. The number of fused-ring (bicyclic) bond motifs is 1. The smallest absolute Gasteiger partial charge is 0.262 e. The Morgan fingerprint density at radius 2 is 1.83 bits per heavy atom. The minimum Gasteiger partial charge on any atom is -0.360 e. The lowest BCUT2D eigenvalue weighted by atomic mass is 10.1. The van der Waals surface area contributed by atoms with E-state index in [1.807, 2.05) is 54.2 Å². The lowest BCUT2D eigenvalue weighted by Crippen LogP contribution is -2.39. The van der Waals surface area contributed by atoms with E-state index in [9.17, 15) is 4.79 Å². The number of hydrogen-bond acceptors (Lipinski definition) is 4. The first-order valence-corrected chi connectivity index (χ1v) is 9.20. The van der Waals surface area contributed by atoms with Gasteiger partial charge < -0.3 is 4.90 Å². The number of thioether (sulfide) groups is 1. The number of amides is 1. The minimum absolute atomic E-state index is 0.0719. The second-order valence-electron chi connectivity index (χ2n) is 5.92. The van der Waals surface area contributed by atoms with Crippen LogP contribution in [0, 0.1) is 0 Å². The predicted molar refractivity (Wildman–Crippen MR) is 98.7 cm³/mol. The molecule has 0 atom stereocenters. The van der Waals surface area contributed by atoms with E-state index in [4.69, 9.17) is 0 Å². The number of hydrogen-bond donors (Lipinski definition) is 0. The van der Waals surface area contributed by atoms with Gasteiger partial charge >= 0.3 is 0 Å². The minimum atomic E-state index is 0.0719. The van der Waals surface area contributed by atoms with Gasteiger partial charge in [-0.3, -0.25) is 4.79 Å². The predicted octanol–water partition coefficient (Wildman–Crippen LogP) is 3.24. The topological polar surface area (TPSA) is 35.9 Å². The molecule has 0 saturated heterocycles. The highest BCUT2D eigenvalue weighted by Gasteiger charge is 2.25. The molecule has 0 fully saturated rings. The number of carbonyl (C=O) groups is 1. The molecule has 2 aromatic carbocycles. The van der Waals surface area contributed by atoms with E-state index in [0.717, 1.165) is 35.7 Å². The van der Waals surface area contributed by atoms with Crippen LogP contribution in [0.15, 0.2) is 64.6 Å². The summed E-state index contributed by atoms with van der Waals surface area (Å²) < 4.78 is 0. The third kappa shape index (κ3) is 3.04. The van der Waals surface area contributed by atoms with Crippen molar-refractivity contribution in [3.8, 4) is 0 Å². The van der Waals surface area contributed by atoms with Crippen LogP contribution in [0.4, 0.5) is 5.69 Å². The van der Waals surface area contributed by atoms with Crippen LogP contribution >= 0.6 is 11.8 Å². The molecule has 0 spiro atoms. The Kier molecular flexibility index (Phi) is 4.26. The van der Waals surface area contributed by atoms with Gasteiger partial charge in [0.2, 0.25) is 0 Å². The van der Waals surface area contributed by atoms with Crippen molar-refractivity contribution in [2.24, 2.45) is 5.10 Å². The summed E-state index contributed by atoms with van der Waals surface area (Å²) in [6.45, 7) is 1.97. The molecule has 0 unspecified atom stereocenters. The summed E-state index contributed by atoms with van der Waals surface area (Å²) in [5.41, 5.74) is 3.26. The first-order chi connectivity index (χ1) is 11.8. The van der Waals surface area contributed by atoms with Crippen LogP contribution in [0.2, 0.25) is 0 Å². The maximum atomic E-state index is 12.7. The van der Waals surface area contributed by atoms with Gasteiger partial charge in [0.15, 0.2) is 0 Å². The van der Waals surface area contributed by atoms with Crippen molar-refractivity contribution in [1.82, 2.24) is 5.01 Å². The number of hydrazone groups is 1. The van der Waals surface area contributed by atoms with Gasteiger partial charge in [-0.2, -0.15) is 5.10 Å². The number of nitrogens with zero attached hydrogens (tertiary/aromatic N) is 3. The van der Waals surface area contributed by atoms with Crippen molar-refractivity contribution < 1.29 is 4.79 Å². The Morgan fingerprint density at radius 3 is 2.71 bits per heavy atom. The third-order valence-corrected chi connectivity index (χ3v) is 5.39. The number of rotatable bonds is 3. The van der Waals surface area contributed by atoms with Gasteiger partial charge in [-0.1, -0.05) is 42.5 Å². The summed E-state index contributed by atoms with van der Waals surface area (Å²) in [5.74, 6) is 1.09. The Labute approximate surface area is 146 Å². The van der Waals surface area contributed by atoms with Gasteiger partial charge in [0.05, 0.1) is 24.5 Å². The molecule has 0 aliphatic carbocycles. The van der Waals surface area contributed by atoms with Crippen molar-refractivity contribution in [2.45, 2.75) is 11.3 Å². The number of carbonyl (C=O) groups excluding carboxylic acids is 1. The van der Waals surface area contributed by atoms with E-state index in [1.54, 1.807) is 5.01 Å². The molecule has 0 aromatic heterocycles. The third-order valence-electron chi connectivity index (χ3n) is 4.35. The van der Waals surface area contributed by atoms with Gasteiger partial charge in [-0.05, 0) is 17.7 Å². The SMILES string of the molecule is O=C(CN1CCSc2ccccc21)N1CCC(c2ccccc2)=N1. The lowest BCUT2D eigenvalue weighted by molar-refractivity contribution is -0.129. The molecule has 2 heterocycles. The van der Waals surface area contributed by atoms with E-state index in [1.165, 1.54) is 4.90 Å². The van der Waals surface area contributed by atoms with Crippen molar-refractivity contribution in [1.29, 1.82) is 0 Å². The average molecular weight is 337 g/mol. The number of benzene rings is 2. The molecule has 4 rings (SSSR count). The van der Waals surface area contributed by atoms with Crippen LogP contribution in [0.1, 0.15) is 12.0 Å². The zero-order valence-electron chi connectivity index (χ0n) is 13.4. The van der Waals surface area contributed by atoms with E-state index < -0.39 is 0 Å². The van der Waals surface area contributed by atoms with Gasteiger partial charge in [0.25, 0.3) is 5.91 Å². The van der Waals surface area contributed by atoms with E-state index in [-0.39, 0.29) is 5.91 Å². The summed E-state index contributed by atoms with van der Waals surface area (Å²) in [7, 11) is 0. The van der Waals surface area contributed by atoms with Crippen molar-refractivity contribution in [3.63, 3.8) is 0 Å². The maximum Gasteiger partial charge on any atom is 0.262 e. The van der Waals surface area contributed by atoms with Gasteiger partial charge in [-0.25, -0.2) is 5.01 Å². The summed E-state index contributed by atoms with van der Waals surface area (Å²) in [4.78, 5) is 16.1. The number of para-hydroxylation sites is 1. The Morgan fingerprint density at radius 1 is 1.04 bits per heavy atom. The largest absolute Gasteiger partial charge is 0.360 e. The Balaban J connectivity index is 1.47. The van der Waals surface area contributed by atoms with E-state index in [2.05, 4.69) is 22.1 Å². The van der Waals surface area contributed by atoms with Crippen molar-refractivity contribution in [2.75, 3.05) is 30.3 Å². The monoisotopic (exact) mass is 337 g/mol. The molecule has 2 aliphatic heterocycles. The highest BCUT2D eigenvalue weighted by Crippen LogP contribution is 2.34. The van der Waals surface area contributed by atoms with Crippen LogP contribution < -0.4 is 4.90 Å². The molecule has 0 N–H and O–H groups in total. The second-order valence-corrected chi connectivity index (χ2v) is 7.05. The molecule has 0 bridgehead atoms. The summed E-state index contributed by atoms with van der Waals surface area (Å²) >= 11 is 1.86. The standard InChI is InChI=1S/C19H19N3OS/c23-19(14-21-12-13-24-18-9-5-4-8-17(18)21)22-11-10-16(20-22)15-6-2-1-3-7-15/h1-9H,10-14H2. The summed E-state index contributed by atoms with van der Waals surface area (Å²) in [6, 6.07) is 18.4. The average Bonchev–Trinajstić information content (AvgIpc) is 3.13. The van der Waals surface area contributed by atoms with Crippen LogP contribution in [-0.4, -0.2) is 42.0 Å². The highest BCUT2D eigenvalue weighted by atomic mass is 32.2. The molecular weight excluding hydrogens is 318 g/mol. The normalized spacial score (nSPS) is 16.8. The fourth-order valence-electron chi connectivity index (χ4n) is 3.11. The second kappa shape index (κ2) is 6.69. The summed E-state index contributed by atoms with van der Waals surface area (Å²) in [5, 5.41) is 6.18. The molecule has 24 heavy (non-hydrogen) atoms. The zero-order valence-corrected chi connectivity index (χ0v) is 14.2. The Hall–Kier alpha value is -2.27. The van der Waals surface area contributed by atoms with E-state index in [0.29, 0.717) is 13.1 Å². The molecule has 1 amide bonds. The molecule has 4 nitrogen and oxygen atoms in total. The van der Waals surface area contributed by atoms with Gasteiger partial charge in [0, 0.05) is 23.6 Å². The molecule has 122 valence electrons. The molecule has 2 aromatic rings. The van der Waals surface area contributed by atoms with Crippen LogP contribution in [0.3, 0.4) is 0 Å². The first-order valence-electron chi connectivity index (χ1n) is 8.21. The maximum absolute atomic E-state index is 12.7. The quantitative estimate of drug-likeness (QED) is 0.863. The highest BCUT2D eigenvalue weighted by molar-refractivity contribution is 7.99. The molecule has 0 radical (unpaired) electrons. The zero-order chi connectivity index (χ0) is 16.4. The molecule has 0 saturated carbocycles. The molecule has 2 aliphatic rings.